The van der Waals surface area contributed by atoms with Crippen molar-refractivity contribution in [2.45, 2.75) is 64.6 Å². The van der Waals surface area contributed by atoms with Gasteiger partial charge in [-0.2, -0.15) is 0 Å². The molecular weight excluding hydrogens is 236 g/mol. The third kappa shape index (κ3) is 3.50. The molecule has 4 unspecified atom stereocenters. The Balaban J connectivity index is 1.98. The quantitative estimate of drug-likeness (QED) is 0.850. The Kier molecular flexibility index (Phi) is 5.27. The lowest BCUT2D eigenvalue weighted by Crippen LogP contribution is -2.58. The topological polar surface area (TPSA) is 26.7 Å². The summed E-state index contributed by atoms with van der Waals surface area (Å²) in [5, 5.41) is 10.4. The molecule has 2 rings (SSSR count). The fourth-order valence-corrected chi connectivity index (χ4v) is 3.87. The van der Waals surface area contributed by atoms with Gasteiger partial charge in [0, 0.05) is 31.7 Å². The molecule has 1 aliphatic heterocycles. The highest BCUT2D eigenvalue weighted by molar-refractivity contribution is 4.91. The van der Waals surface area contributed by atoms with Crippen molar-refractivity contribution < 1.29 is 5.11 Å². The maximum atomic E-state index is 10.4. The average molecular weight is 268 g/mol. The van der Waals surface area contributed by atoms with Crippen molar-refractivity contribution in [2.75, 3.05) is 26.7 Å². The Morgan fingerprint density at radius 1 is 1.21 bits per heavy atom. The van der Waals surface area contributed by atoms with Gasteiger partial charge in [-0.1, -0.05) is 20.8 Å². The van der Waals surface area contributed by atoms with Crippen molar-refractivity contribution in [1.82, 2.24) is 9.80 Å². The highest BCUT2D eigenvalue weighted by Gasteiger charge is 2.36. The van der Waals surface area contributed by atoms with Crippen LogP contribution in [0.5, 0.6) is 0 Å². The molecule has 1 heterocycles. The van der Waals surface area contributed by atoms with E-state index in [-0.39, 0.29) is 6.10 Å². The van der Waals surface area contributed by atoms with Crippen molar-refractivity contribution in [3.05, 3.63) is 0 Å². The summed E-state index contributed by atoms with van der Waals surface area (Å²) in [6.45, 7) is 10.3. The van der Waals surface area contributed by atoms with Crippen LogP contribution in [0, 0.1) is 11.8 Å². The van der Waals surface area contributed by atoms with Crippen LogP contribution in [0.2, 0.25) is 0 Å². The third-order valence-electron chi connectivity index (χ3n) is 5.51. The number of aliphatic hydroxyl groups excluding tert-OH is 1. The van der Waals surface area contributed by atoms with Crippen molar-refractivity contribution in [3.63, 3.8) is 0 Å². The number of aliphatic hydroxyl groups is 1. The Labute approximate surface area is 119 Å². The zero-order valence-electron chi connectivity index (χ0n) is 13.2. The van der Waals surface area contributed by atoms with Crippen LogP contribution in [0.1, 0.15) is 46.5 Å². The molecule has 1 aliphatic carbocycles. The van der Waals surface area contributed by atoms with Gasteiger partial charge in [0.25, 0.3) is 0 Å². The number of rotatable bonds is 3. The maximum Gasteiger partial charge on any atom is 0.0695 e. The summed E-state index contributed by atoms with van der Waals surface area (Å²) in [5.41, 5.74) is 0. The van der Waals surface area contributed by atoms with Crippen LogP contribution in [0.3, 0.4) is 0 Å². The number of hydrogen-bond acceptors (Lipinski definition) is 3. The smallest absolute Gasteiger partial charge is 0.0695 e. The Bertz CT molecular complexity index is 282. The molecule has 3 nitrogen and oxygen atoms in total. The van der Waals surface area contributed by atoms with E-state index in [1.54, 1.807) is 0 Å². The summed E-state index contributed by atoms with van der Waals surface area (Å²) in [5.74, 6) is 1.55. The van der Waals surface area contributed by atoms with Gasteiger partial charge < -0.3 is 10.0 Å². The molecule has 0 radical (unpaired) electrons. The number of likely N-dealkylation sites (N-methyl/N-ethyl adjacent to an activating group) is 1. The third-order valence-corrected chi connectivity index (χ3v) is 5.51. The van der Waals surface area contributed by atoms with Gasteiger partial charge in [0.2, 0.25) is 0 Å². The molecule has 4 atom stereocenters. The van der Waals surface area contributed by atoms with Crippen LogP contribution in [0.4, 0.5) is 0 Å². The average Bonchev–Trinajstić information content (AvgIpc) is 2.40. The van der Waals surface area contributed by atoms with Gasteiger partial charge in [0.1, 0.15) is 0 Å². The number of nitrogens with zero attached hydrogens (tertiary/aromatic N) is 2. The fraction of sp³-hybridized carbons (Fsp3) is 1.00. The zero-order valence-corrected chi connectivity index (χ0v) is 13.2. The number of piperazine rings is 1. The molecule has 19 heavy (non-hydrogen) atoms. The van der Waals surface area contributed by atoms with Crippen LogP contribution >= 0.6 is 0 Å². The molecule has 112 valence electrons. The highest BCUT2D eigenvalue weighted by atomic mass is 16.3. The van der Waals surface area contributed by atoms with E-state index in [4.69, 9.17) is 0 Å². The first-order chi connectivity index (χ1) is 9.02. The van der Waals surface area contributed by atoms with Gasteiger partial charge in [-0.3, -0.25) is 4.90 Å². The van der Waals surface area contributed by atoms with Crippen molar-refractivity contribution in [1.29, 1.82) is 0 Å². The predicted molar refractivity (Wildman–Crippen MR) is 80.3 cm³/mol. The summed E-state index contributed by atoms with van der Waals surface area (Å²) < 4.78 is 0. The van der Waals surface area contributed by atoms with Crippen LogP contribution in [-0.4, -0.2) is 59.8 Å². The minimum Gasteiger partial charge on any atom is -0.391 e. The molecule has 0 aromatic rings. The van der Waals surface area contributed by atoms with E-state index in [0.29, 0.717) is 12.1 Å². The van der Waals surface area contributed by atoms with E-state index in [9.17, 15) is 5.11 Å². The largest absolute Gasteiger partial charge is 0.391 e. The lowest BCUT2D eigenvalue weighted by atomic mass is 9.77. The second kappa shape index (κ2) is 6.55. The summed E-state index contributed by atoms with van der Waals surface area (Å²) >= 11 is 0. The minimum atomic E-state index is -0.101. The minimum absolute atomic E-state index is 0.101. The summed E-state index contributed by atoms with van der Waals surface area (Å²) in [7, 11) is 2.24. The van der Waals surface area contributed by atoms with Gasteiger partial charge >= 0.3 is 0 Å². The number of hydrogen-bond donors (Lipinski definition) is 1. The lowest BCUT2D eigenvalue weighted by Gasteiger charge is -2.47. The molecule has 0 aromatic heterocycles. The van der Waals surface area contributed by atoms with Crippen molar-refractivity contribution in [2.24, 2.45) is 11.8 Å². The first-order valence-electron chi connectivity index (χ1n) is 8.15. The maximum absolute atomic E-state index is 10.4. The van der Waals surface area contributed by atoms with Crippen molar-refractivity contribution in [3.8, 4) is 0 Å². The summed E-state index contributed by atoms with van der Waals surface area (Å²) in [6.07, 6.45) is 4.51. The van der Waals surface area contributed by atoms with E-state index in [1.807, 2.05) is 0 Å². The monoisotopic (exact) mass is 268 g/mol. The second-order valence-electron chi connectivity index (χ2n) is 6.99. The van der Waals surface area contributed by atoms with E-state index in [0.717, 1.165) is 37.9 Å². The second-order valence-corrected chi connectivity index (χ2v) is 6.99. The molecule has 0 aromatic carbocycles. The fourth-order valence-electron chi connectivity index (χ4n) is 3.87. The SMILES string of the molecule is CCC1CN(C2CC(C(C)C)CCC2O)CCN1C. The van der Waals surface area contributed by atoms with Gasteiger partial charge in [-0.15, -0.1) is 0 Å². The molecule has 3 heteroatoms. The van der Waals surface area contributed by atoms with E-state index >= 15 is 0 Å². The lowest BCUT2D eigenvalue weighted by molar-refractivity contribution is -0.0338. The van der Waals surface area contributed by atoms with Gasteiger partial charge in [0.15, 0.2) is 0 Å². The summed E-state index contributed by atoms with van der Waals surface area (Å²) in [4.78, 5) is 5.05. The Hall–Kier alpha value is -0.120. The van der Waals surface area contributed by atoms with Gasteiger partial charge in [0.05, 0.1) is 6.10 Å². The normalized spacial score (nSPS) is 38.8. The van der Waals surface area contributed by atoms with Gasteiger partial charge in [-0.25, -0.2) is 0 Å². The molecule has 0 amide bonds. The molecule has 1 N–H and O–H groups in total. The van der Waals surface area contributed by atoms with E-state index < -0.39 is 0 Å². The van der Waals surface area contributed by atoms with Crippen LogP contribution in [0.25, 0.3) is 0 Å². The van der Waals surface area contributed by atoms with Crippen LogP contribution < -0.4 is 0 Å². The Morgan fingerprint density at radius 2 is 1.95 bits per heavy atom. The molecule has 0 spiro atoms. The van der Waals surface area contributed by atoms with Crippen LogP contribution in [0.15, 0.2) is 0 Å². The molecule has 2 aliphatic rings. The molecule has 1 saturated carbocycles. The summed E-state index contributed by atoms with van der Waals surface area (Å²) in [6, 6.07) is 1.07. The molecule has 1 saturated heterocycles. The standard InChI is InChI=1S/C16H32N2O/c1-5-14-11-18(9-8-17(14)4)15-10-13(12(2)3)6-7-16(15)19/h12-16,19H,5-11H2,1-4H3. The van der Waals surface area contributed by atoms with E-state index in [2.05, 4.69) is 37.6 Å². The molecular formula is C16H32N2O. The molecule has 2 fully saturated rings. The first kappa shape index (κ1) is 15.3. The Morgan fingerprint density at radius 3 is 2.58 bits per heavy atom. The van der Waals surface area contributed by atoms with Crippen molar-refractivity contribution >= 4 is 0 Å². The van der Waals surface area contributed by atoms with E-state index in [1.165, 1.54) is 19.3 Å². The van der Waals surface area contributed by atoms with Crippen LogP contribution in [-0.2, 0) is 0 Å². The first-order valence-corrected chi connectivity index (χ1v) is 8.15. The predicted octanol–water partition coefficient (Wildman–Crippen LogP) is 2.20. The highest BCUT2D eigenvalue weighted by Crippen LogP contribution is 2.33. The van der Waals surface area contributed by atoms with Gasteiger partial charge in [-0.05, 0) is 44.6 Å². The molecule has 0 bridgehead atoms. The zero-order chi connectivity index (χ0) is 14.0.